The van der Waals surface area contributed by atoms with Gasteiger partial charge in [-0.15, -0.1) is 0 Å². The summed E-state index contributed by atoms with van der Waals surface area (Å²) < 4.78 is 36.7. The lowest BCUT2D eigenvalue weighted by atomic mass is 9.94. The van der Waals surface area contributed by atoms with E-state index in [9.17, 15) is 12.8 Å². The second kappa shape index (κ2) is 3.66. The zero-order chi connectivity index (χ0) is 11.8. The average molecular weight is 241 g/mol. The first-order valence-electron chi connectivity index (χ1n) is 4.92. The second-order valence-corrected chi connectivity index (χ2v) is 6.23. The molecule has 1 aromatic rings. The third-order valence-corrected chi connectivity index (χ3v) is 4.32. The van der Waals surface area contributed by atoms with E-state index in [-0.39, 0.29) is 11.5 Å². The molecule has 0 aliphatic carbocycles. The largest absolute Gasteiger partial charge is 0.284 e. The van der Waals surface area contributed by atoms with Crippen molar-refractivity contribution in [1.29, 1.82) is 0 Å². The predicted octanol–water partition coefficient (Wildman–Crippen LogP) is 1.54. The van der Waals surface area contributed by atoms with Gasteiger partial charge in [-0.05, 0) is 13.0 Å². The molecular formula is C11H12FNO2S. The van der Waals surface area contributed by atoms with Gasteiger partial charge in [0.15, 0.2) is 9.84 Å². The highest BCUT2D eigenvalue weighted by Gasteiger charge is 2.36. The Morgan fingerprint density at radius 1 is 1.38 bits per heavy atom. The SMILES string of the molecule is C[C@@]1(c2ccccc2F)CS(=O)(=O)CC=N1. The third kappa shape index (κ3) is 2.00. The van der Waals surface area contributed by atoms with Crippen LogP contribution in [0.3, 0.4) is 0 Å². The Hall–Kier alpha value is -1.23. The van der Waals surface area contributed by atoms with Crippen molar-refractivity contribution in [2.45, 2.75) is 12.5 Å². The highest BCUT2D eigenvalue weighted by molar-refractivity contribution is 7.92. The summed E-state index contributed by atoms with van der Waals surface area (Å²) in [5, 5.41) is 0. The molecule has 0 bridgehead atoms. The Morgan fingerprint density at radius 3 is 2.69 bits per heavy atom. The summed E-state index contributed by atoms with van der Waals surface area (Å²) in [5.74, 6) is -0.617. The quantitative estimate of drug-likeness (QED) is 0.748. The number of sulfone groups is 1. The Labute approximate surface area is 93.9 Å². The van der Waals surface area contributed by atoms with Gasteiger partial charge >= 0.3 is 0 Å². The normalized spacial score (nSPS) is 27.9. The van der Waals surface area contributed by atoms with Gasteiger partial charge in [0.05, 0.1) is 17.0 Å². The number of hydrogen-bond donors (Lipinski definition) is 0. The molecule has 0 aromatic heterocycles. The van der Waals surface area contributed by atoms with Crippen molar-refractivity contribution in [2.75, 3.05) is 11.5 Å². The van der Waals surface area contributed by atoms with Crippen LogP contribution in [0, 0.1) is 5.82 Å². The Balaban J connectivity index is 2.52. The molecule has 1 aliphatic heterocycles. The molecule has 0 N–H and O–H groups in total. The zero-order valence-electron chi connectivity index (χ0n) is 8.85. The van der Waals surface area contributed by atoms with Gasteiger partial charge < -0.3 is 0 Å². The minimum absolute atomic E-state index is 0.0585. The Bertz CT molecular complexity index is 539. The molecule has 0 saturated heterocycles. The number of benzene rings is 1. The molecule has 1 aromatic carbocycles. The average Bonchev–Trinajstić information content (AvgIpc) is 2.16. The number of nitrogens with zero attached hydrogens (tertiary/aromatic N) is 1. The molecule has 0 saturated carbocycles. The molecule has 86 valence electrons. The Kier molecular flexibility index (Phi) is 2.58. The van der Waals surface area contributed by atoms with Gasteiger partial charge in [-0.1, -0.05) is 18.2 Å². The number of hydrogen-bond acceptors (Lipinski definition) is 3. The summed E-state index contributed by atoms with van der Waals surface area (Å²) in [6.45, 7) is 1.64. The summed E-state index contributed by atoms with van der Waals surface area (Å²) in [4.78, 5) is 4.14. The van der Waals surface area contributed by atoms with Crippen molar-refractivity contribution in [3.05, 3.63) is 35.6 Å². The van der Waals surface area contributed by atoms with E-state index in [1.807, 2.05) is 0 Å². The van der Waals surface area contributed by atoms with E-state index in [1.54, 1.807) is 25.1 Å². The first-order chi connectivity index (χ1) is 7.43. The third-order valence-electron chi connectivity index (χ3n) is 2.66. The van der Waals surface area contributed by atoms with Gasteiger partial charge in [0.25, 0.3) is 0 Å². The Morgan fingerprint density at radius 2 is 2.06 bits per heavy atom. The van der Waals surface area contributed by atoms with E-state index in [4.69, 9.17) is 0 Å². The number of halogens is 1. The van der Waals surface area contributed by atoms with Crippen LogP contribution in [0.1, 0.15) is 12.5 Å². The van der Waals surface area contributed by atoms with Crippen LogP contribution in [0.15, 0.2) is 29.3 Å². The number of rotatable bonds is 1. The molecule has 1 aliphatic rings. The van der Waals surface area contributed by atoms with Crippen molar-refractivity contribution < 1.29 is 12.8 Å². The first kappa shape index (κ1) is 11.3. The van der Waals surface area contributed by atoms with Gasteiger partial charge in [0, 0.05) is 11.8 Å². The summed E-state index contributed by atoms with van der Waals surface area (Å²) in [5.41, 5.74) is -0.669. The summed E-state index contributed by atoms with van der Waals surface area (Å²) in [6, 6.07) is 6.15. The van der Waals surface area contributed by atoms with Crippen LogP contribution in [0.2, 0.25) is 0 Å². The standard InChI is InChI=1S/C11H12FNO2S/c1-11(8-16(14,15)7-6-13-11)9-4-2-3-5-10(9)12/h2-6H,7-8H2,1H3/t11-/m0/s1. The molecule has 2 rings (SSSR count). The fourth-order valence-corrected chi connectivity index (χ4v) is 3.43. The minimum atomic E-state index is -3.17. The van der Waals surface area contributed by atoms with E-state index in [0.29, 0.717) is 5.56 Å². The van der Waals surface area contributed by atoms with Gasteiger partial charge in [0.2, 0.25) is 0 Å². The molecule has 0 radical (unpaired) electrons. The van der Waals surface area contributed by atoms with Crippen molar-refractivity contribution in [2.24, 2.45) is 4.99 Å². The lowest BCUT2D eigenvalue weighted by Crippen LogP contribution is -2.36. The molecule has 3 nitrogen and oxygen atoms in total. The lowest BCUT2D eigenvalue weighted by molar-refractivity contribution is 0.493. The van der Waals surface area contributed by atoms with Crippen LogP contribution in [-0.2, 0) is 15.4 Å². The van der Waals surface area contributed by atoms with Crippen LogP contribution in [-0.4, -0.2) is 26.1 Å². The minimum Gasteiger partial charge on any atom is -0.284 e. The molecular weight excluding hydrogens is 229 g/mol. The maximum absolute atomic E-state index is 13.6. The van der Waals surface area contributed by atoms with Crippen LogP contribution in [0.4, 0.5) is 4.39 Å². The molecule has 0 unspecified atom stereocenters. The maximum atomic E-state index is 13.6. The van der Waals surface area contributed by atoms with Crippen molar-refractivity contribution in [3.63, 3.8) is 0 Å². The van der Waals surface area contributed by atoms with Crippen LogP contribution in [0.25, 0.3) is 0 Å². The molecule has 1 atom stereocenters. The summed E-state index contributed by atoms with van der Waals surface area (Å²) in [6.07, 6.45) is 1.35. The molecule has 1 heterocycles. The van der Waals surface area contributed by atoms with Gasteiger partial charge in [-0.25, -0.2) is 12.8 Å². The van der Waals surface area contributed by atoms with Gasteiger partial charge in [-0.3, -0.25) is 4.99 Å². The smallest absolute Gasteiger partial charge is 0.158 e. The molecule has 16 heavy (non-hydrogen) atoms. The van der Waals surface area contributed by atoms with E-state index >= 15 is 0 Å². The van der Waals surface area contributed by atoms with Gasteiger partial charge in [-0.2, -0.15) is 0 Å². The van der Waals surface area contributed by atoms with Crippen molar-refractivity contribution in [1.82, 2.24) is 0 Å². The van der Waals surface area contributed by atoms with E-state index in [1.165, 1.54) is 12.3 Å². The van der Waals surface area contributed by atoms with Crippen molar-refractivity contribution in [3.8, 4) is 0 Å². The first-order valence-corrected chi connectivity index (χ1v) is 6.74. The summed E-state index contributed by atoms with van der Waals surface area (Å²) in [7, 11) is -3.17. The summed E-state index contributed by atoms with van der Waals surface area (Å²) >= 11 is 0. The molecule has 0 fully saturated rings. The predicted molar refractivity (Wildman–Crippen MR) is 60.9 cm³/mol. The van der Waals surface area contributed by atoms with E-state index in [0.717, 1.165) is 0 Å². The molecule has 5 heteroatoms. The van der Waals surface area contributed by atoms with Crippen LogP contribution in [0.5, 0.6) is 0 Å². The fourth-order valence-electron chi connectivity index (χ4n) is 1.92. The topological polar surface area (TPSA) is 46.5 Å². The zero-order valence-corrected chi connectivity index (χ0v) is 9.67. The fraction of sp³-hybridized carbons (Fsp3) is 0.364. The number of aliphatic imine (C=N–C) groups is 1. The monoisotopic (exact) mass is 241 g/mol. The molecule has 0 amide bonds. The van der Waals surface area contributed by atoms with Crippen LogP contribution >= 0.6 is 0 Å². The molecule has 0 spiro atoms. The second-order valence-electron chi connectivity index (χ2n) is 4.12. The van der Waals surface area contributed by atoms with Crippen LogP contribution < -0.4 is 0 Å². The van der Waals surface area contributed by atoms with Crippen molar-refractivity contribution >= 4 is 16.1 Å². The van der Waals surface area contributed by atoms with E-state index in [2.05, 4.69) is 4.99 Å². The highest BCUT2D eigenvalue weighted by atomic mass is 32.2. The maximum Gasteiger partial charge on any atom is 0.158 e. The van der Waals surface area contributed by atoms with Gasteiger partial charge in [0.1, 0.15) is 5.82 Å². The lowest BCUT2D eigenvalue weighted by Gasteiger charge is -2.28. The van der Waals surface area contributed by atoms with E-state index < -0.39 is 21.2 Å². The highest BCUT2D eigenvalue weighted by Crippen LogP contribution is 2.31.